The van der Waals surface area contributed by atoms with Gasteiger partial charge in [0.15, 0.2) is 0 Å². The fourth-order valence-corrected chi connectivity index (χ4v) is 1.98. The molecule has 1 aromatic carbocycles. The molecule has 2 aromatic rings. The minimum absolute atomic E-state index is 0.0334. The lowest BCUT2D eigenvalue weighted by molar-refractivity contribution is 0.150. The van der Waals surface area contributed by atoms with E-state index >= 15 is 0 Å². The van der Waals surface area contributed by atoms with Crippen LogP contribution in [0.25, 0.3) is 0 Å². The predicted molar refractivity (Wildman–Crippen MR) is 66.5 cm³/mol. The first-order valence-corrected chi connectivity index (χ1v) is 5.62. The van der Waals surface area contributed by atoms with Crippen molar-refractivity contribution >= 4 is 0 Å². The van der Waals surface area contributed by atoms with Gasteiger partial charge in [-0.05, 0) is 12.6 Å². The molecule has 1 heterocycles. The lowest BCUT2D eigenvalue weighted by atomic mass is 9.90. The Morgan fingerprint density at radius 1 is 1.35 bits per heavy atom. The molecule has 1 unspecified atom stereocenters. The molecule has 0 aliphatic carbocycles. The molecule has 0 fully saturated rings. The third kappa shape index (κ3) is 2.38. The van der Waals surface area contributed by atoms with Gasteiger partial charge in [-0.15, -0.1) is 0 Å². The summed E-state index contributed by atoms with van der Waals surface area (Å²) in [5.41, 5.74) is 0.598. The van der Waals surface area contributed by atoms with Gasteiger partial charge < -0.3 is 15.0 Å². The third-order valence-corrected chi connectivity index (χ3v) is 3.09. The number of nitrogens with one attached hydrogen (secondary N) is 1. The van der Waals surface area contributed by atoms with Crippen molar-refractivity contribution in [3.8, 4) is 0 Å². The molecule has 1 atom stereocenters. The summed E-state index contributed by atoms with van der Waals surface area (Å²) in [6.07, 6.45) is 5.39. The van der Waals surface area contributed by atoms with Crippen LogP contribution in [0.3, 0.4) is 0 Å². The smallest absolute Gasteiger partial charge is 0.0946 e. The van der Waals surface area contributed by atoms with Gasteiger partial charge in [-0.25, -0.2) is 4.98 Å². The largest absolute Gasteiger partial charge is 0.394 e. The van der Waals surface area contributed by atoms with Crippen molar-refractivity contribution in [3.05, 3.63) is 54.6 Å². The number of rotatable bonds is 5. The van der Waals surface area contributed by atoms with Gasteiger partial charge in [-0.1, -0.05) is 30.3 Å². The number of hydrogen-bond acceptors (Lipinski definition) is 3. The van der Waals surface area contributed by atoms with Crippen LogP contribution in [0.1, 0.15) is 5.56 Å². The number of likely N-dealkylation sites (N-methyl/N-ethyl adjacent to an activating group) is 1. The molecule has 17 heavy (non-hydrogen) atoms. The highest BCUT2D eigenvalue weighted by Gasteiger charge is 2.29. The van der Waals surface area contributed by atoms with Gasteiger partial charge in [0.1, 0.15) is 0 Å². The van der Waals surface area contributed by atoms with Gasteiger partial charge in [0.05, 0.1) is 18.5 Å². The number of aliphatic hydroxyl groups is 1. The van der Waals surface area contributed by atoms with Crippen LogP contribution in [-0.4, -0.2) is 28.3 Å². The number of aromatic nitrogens is 2. The van der Waals surface area contributed by atoms with Crippen LogP contribution in [0.4, 0.5) is 0 Å². The molecule has 90 valence electrons. The summed E-state index contributed by atoms with van der Waals surface area (Å²) in [6, 6.07) is 9.96. The van der Waals surface area contributed by atoms with E-state index in [1.807, 2.05) is 48.1 Å². The van der Waals surface area contributed by atoms with Crippen molar-refractivity contribution in [2.45, 2.75) is 12.1 Å². The van der Waals surface area contributed by atoms with E-state index in [1.165, 1.54) is 0 Å². The summed E-state index contributed by atoms with van der Waals surface area (Å²) >= 11 is 0. The number of benzene rings is 1. The van der Waals surface area contributed by atoms with Gasteiger partial charge in [0.2, 0.25) is 0 Å². The van der Waals surface area contributed by atoms with E-state index in [9.17, 15) is 5.11 Å². The predicted octanol–water partition coefficient (Wildman–Crippen LogP) is 0.990. The first-order chi connectivity index (χ1) is 8.30. The van der Waals surface area contributed by atoms with Crippen molar-refractivity contribution in [2.24, 2.45) is 0 Å². The van der Waals surface area contributed by atoms with Crippen molar-refractivity contribution in [1.29, 1.82) is 0 Å². The molecular formula is C13H17N3O. The Bertz CT molecular complexity index is 435. The van der Waals surface area contributed by atoms with Crippen molar-refractivity contribution in [3.63, 3.8) is 0 Å². The van der Waals surface area contributed by atoms with E-state index in [2.05, 4.69) is 10.3 Å². The summed E-state index contributed by atoms with van der Waals surface area (Å²) in [6.45, 7) is 0.676. The zero-order valence-electron chi connectivity index (χ0n) is 9.87. The maximum Gasteiger partial charge on any atom is 0.0946 e. The second-order valence-electron chi connectivity index (χ2n) is 4.09. The van der Waals surface area contributed by atoms with E-state index in [0.717, 1.165) is 5.56 Å². The highest BCUT2D eigenvalue weighted by molar-refractivity contribution is 5.24. The summed E-state index contributed by atoms with van der Waals surface area (Å²) in [5, 5.41) is 13.0. The molecule has 0 amide bonds. The van der Waals surface area contributed by atoms with E-state index in [4.69, 9.17) is 0 Å². The number of imidazole rings is 1. The summed E-state index contributed by atoms with van der Waals surface area (Å²) in [4.78, 5) is 4.02. The van der Waals surface area contributed by atoms with Gasteiger partial charge in [0, 0.05) is 18.9 Å². The molecular weight excluding hydrogens is 214 g/mol. The highest BCUT2D eigenvalue weighted by atomic mass is 16.3. The number of nitrogens with zero attached hydrogens (tertiary/aromatic N) is 2. The van der Waals surface area contributed by atoms with Crippen LogP contribution in [0, 0.1) is 0 Å². The maximum atomic E-state index is 9.73. The standard InChI is InChI=1S/C13H17N3O/c1-14-13(10-17,9-16-8-7-15-11-16)12-5-3-2-4-6-12/h2-8,11,14,17H,9-10H2,1H3. The van der Waals surface area contributed by atoms with E-state index in [-0.39, 0.29) is 6.61 Å². The molecule has 0 bridgehead atoms. The summed E-state index contributed by atoms with van der Waals surface area (Å²) in [7, 11) is 1.86. The normalized spacial score (nSPS) is 14.5. The molecule has 2 N–H and O–H groups in total. The van der Waals surface area contributed by atoms with Crippen LogP contribution in [0.5, 0.6) is 0 Å². The molecule has 0 aliphatic heterocycles. The molecule has 0 saturated heterocycles. The van der Waals surface area contributed by atoms with Crippen molar-refractivity contribution < 1.29 is 5.11 Å². The van der Waals surface area contributed by atoms with Gasteiger partial charge >= 0.3 is 0 Å². The minimum Gasteiger partial charge on any atom is -0.394 e. The Balaban J connectivity index is 2.32. The SMILES string of the molecule is CNC(CO)(Cn1ccnc1)c1ccccc1. The first-order valence-electron chi connectivity index (χ1n) is 5.62. The number of aliphatic hydroxyl groups excluding tert-OH is 1. The van der Waals surface area contributed by atoms with Crippen LogP contribution in [-0.2, 0) is 12.1 Å². The first kappa shape index (κ1) is 11.8. The Kier molecular flexibility index (Phi) is 3.56. The van der Waals surface area contributed by atoms with Crippen molar-refractivity contribution in [2.75, 3.05) is 13.7 Å². The third-order valence-electron chi connectivity index (χ3n) is 3.09. The van der Waals surface area contributed by atoms with Crippen LogP contribution >= 0.6 is 0 Å². The van der Waals surface area contributed by atoms with E-state index in [1.54, 1.807) is 12.5 Å². The monoisotopic (exact) mass is 231 g/mol. The fourth-order valence-electron chi connectivity index (χ4n) is 1.98. The molecule has 2 rings (SSSR count). The molecule has 1 aromatic heterocycles. The molecule has 0 saturated carbocycles. The number of hydrogen-bond donors (Lipinski definition) is 2. The molecule has 4 heteroatoms. The van der Waals surface area contributed by atoms with Gasteiger partial charge in [-0.2, -0.15) is 0 Å². The Morgan fingerprint density at radius 2 is 2.12 bits per heavy atom. The quantitative estimate of drug-likeness (QED) is 0.807. The maximum absolute atomic E-state index is 9.73. The summed E-state index contributed by atoms with van der Waals surface area (Å²) < 4.78 is 1.96. The Hall–Kier alpha value is -1.65. The van der Waals surface area contributed by atoms with Crippen LogP contribution < -0.4 is 5.32 Å². The van der Waals surface area contributed by atoms with E-state index < -0.39 is 5.54 Å². The molecule has 4 nitrogen and oxygen atoms in total. The topological polar surface area (TPSA) is 50.1 Å². The average Bonchev–Trinajstić information content (AvgIpc) is 2.90. The van der Waals surface area contributed by atoms with E-state index in [0.29, 0.717) is 6.54 Å². The zero-order chi connectivity index (χ0) is 12.1. The van der Waals surface area contributed by atoms with Gasteiger partial charge in [-0.3, -0.25) is 0 Å². The van der Waals surface area contributed by atoms with Crippen LogP contribution in [0.2, 0.25) is 0 Å². The lowest BCUT2D eigenvalue weighted by Gasteiger charge is -2.32. The average molecular weight is 231 g/mol. The Labute approximate surface area is 101 Å². The lowest BCUT2D eigenvalue weighted by Crippen LogP contribution is -2.46. The zero-order valence-corrected chi connectivity index (χ0v) is 9.87. The van der Waals surface area contributed by atoms with Crippen LogP contribution in [0.15, 0.2) is 49.1 Å². The second kappa shape index (κ2) is 5.12. The van der Waals surface area contributed by atoms with Gasteiger partial charge in [0.25, 0.3) is 0 Å². The minimum atomic E-state index is -0.470. The highest BCUT2D eigenvalue weighted by Crippen LogP contribution is 2.22. The Morgan fingerprint density at radius 3 is 2.65 bits per heavy atom. The van der Waals surface area contributed by atoms with Crippen molar-refractivity contribution in [1.82, 2.24) is 14.9 Å². The summed E-state index contributed by atoms with van der Waals surface area (Å²) in [5.74, 6) is 0. The fraction of sp³-hybridized carbons (Fsp3) is 0.308. The molecule has 0 spiro atoms. The molecule has 0 aliphatic rings. The molecule has 0 radical (unpaired) electrons. The second-order valence-corrected chi connectivity index (χ2v) is 4.09.